The van der Waals surface area contributed by atoms with Crippen molar-refractivity contribution >= 4 is 27.7 Å². The summed E-state index contributed by atoms with van der Waals surface area (Å²) in [5, 5.41) is 7.06. The third-order valence-corrected chi connectivity index (χ3v) is 5.02. The average Bonchev–Trinajstić information content (AvgIpc) is 3.18. The Balaban J connectivity index is 1.49. The van der Waals surface area contributed by atoms with E-state index in [0.717, 1.165) is 34.6 Å². The predicted octanol–water partition coefficient (Wildman–Crippen LogP) is 3.20. The van der Waals surface area contributed by atoms with Crippen LogP contribution in [0.25, 0.3) is 11.3 Å². The molecule has 0 bridgehead atoms. The number of rotatable bonds is 3. The average molecular weight is 412 g/mol. The molecule has 6 nitrogen and oxygen atoms in total. The molecular formula is C19H18BrN5O. The van der Waals surface area contributed by atoms with Crippen molar-refractivity contribution in [3.63, 3.8) is 0 Å². The van der Waals surface area contributed by atoms with E-state index in [1.54, 1.807) is 12.4 Å². The molecule has 1 aromatic carbocycles. The molecule has 3 aromatic rings. The van der Waals surface area contributed by atoms with Gasteiger partial charge in [0.2, 0.25) is 0 Å². The van der Waals surface area contributed by atoms with Crippen molar-refractivity contribution in [2.45, 2.75) is 0 Å². The summed E-state index contributed by atoms with van der Waals surface area (Å²) >= 11 is 3.47. The molecule has 7 heteroatoms. The number of pyridine rings is 1. The van der Waals surface area contributed by atoms with Gasteiger partial charge in [-0.05, 0) is 24.3 Å². The molecule has 1 saturated heterocycles. The van der Waals surface area contributed by atoms with Crippen molar-refractivity contribution in [1.29, 1.82) is 0 Å². The second kappa shape index (κ2) is 7.29. The van der Waals surface area contributed by atoms with Gasteiger partial charge < -0.3 is 9.80 Å². The molecule has 0 atom stereocenters. The van der Waals surface area contributed by atoms with Gasteiger partial charge in [0.25, 0.3) is 5.91 Å². The first-order chi connectivity index (χ1) is 12.7. The van der Waals surface area contributed by atoms with Crippen LogP contribution >= 0.6 is 15.9 Å². The van der Waals surface area contributed by atoms with Gasteiger partial charge in [-0.3, -0.25) is 9.89 Å². The summed E-state index contributed by atoms with van der Waals surface area (Å²) in [5.74, 6) is 0.965. The highest BCUT2D eigenvalue weighted by molar-refractivity contribution is 9.10. The van der Waals surface area contributed by atoms with Gasteiger partial charge in [0.1, 0.15) is 5.82 Å². The van der Waals surface area contributed by atoms with Crippen LogP contribution in [0.15, 0.2) is 59.3 Å². The molecule has 132 valence electrons. The molecule has 4 rings (SSSR count). The highest BCUT2D eigenvalue weighted by atomic mass is 79.9. The number of carbonyl (C=O) groups is 1. The molecule has 0 radical (unpaired) electrons. The zero-order valence-corrected chi connectivity index (χ0v) is 15.7. The lowest BCUT2D eigenvalue weighted by Gasteiger charge is -2.35. The van der Waals surface area contributed by atoms with E-state index in [4.69, 9.17) is 0 Å². The monoisotopic (exact) mass is 411 g/mol. The van der Waals surface area contributed by atoms with Gasteiger partial charge in [0, 0.05) is 42.4 Å². The quantitative estimate of drug-likeness (QED) is 0.718. The Morgan fingerprint density at radius 3 is 2.65 bits per heavy atom. The first-order valence-electron chi connectivity index (χ1n) is 8.47. The maximum absolute atomic E-state index is 13.0. The number of nitrogens with zero attached hydrogens (tertiary/aromatic N) is 4. The Morgan fingerprint density at radius 2 is 1.92 bits per heavy atom. The predicted molar refractivity (Wildman–Crippen MR) is 104 cm³/mol. The number of hydrogen-bond acceptors (Lipinski definition) is 4. The fourth-order valence-electron chi connectivity index (χ4n) is 3.16. The van der Waals surface area contributed by atoms with Crippen LogP contribution in [0.5, 0.6) is 0 Å². The van der Waals surface area contributed by atoms with E-state index in [0.29, 0.717) is 18.7 Å². The summed E-state index contributed by atoms with van der Waals surface area (Å²) in [5.41, 5.74) is 2.30. The van der Waals surface area contributed by atoms with Crippen LogP contribution in [-0.2, 0) is 0 Å². The fraction of sp³-hybridized carbons (Fsp3) is 0.211. The van der Waals surface area contributed by atoms with Gasteiger partial charge in [-0.2, -0.15) is 5.10 Å². The third-order valence-electron chi connectivity index (χ3n) is 4.52. The third kappa shape index (κ3) is 3.35. The van der Waals surface area contributed by atoms with Gasteiger partial charge in [0.05, 0.1) is 17.5 Å². The van der Waals surface area contributed by atoms with Crippen LogP contribution in [-0.4, -0.2) is 52.2 Å². The van der Waals surface area contributed by atoms with Crippen LogP contribution in [0.2, 0.25) is 0 Å². The number of H-pyrrole nitrogens is 1. The number of hydrogen-bond donors (Lipinski definition) is 1. The highest BCUT2D eigenvalue weighted by Crippen LogP contribution is 2.25. The number of benzene rings is 1. The summed E-state index contributed by atoms with van der Waals surface area (Å²) in [7, 11) is 0. The number of halogens is 1. The van der Waals surface area contributed by atoms with E-state index in [9.17, 15) is 4.79 Å². The molecule has 1 fully saturated rings. The minimum Gasteiger partial charge on any atom is -0.353 e. The van der Waals surface area contributed by atoms with Crippen LogP contribution in [0.3, 0.4) is 0 Å². The molecule has 1 N–H and O–H groups in total. The van der Waals surface area contributed by atoms with Gasteiger partial charge >= 0.3 is 0 Å². The van der Waals surface area contributed by atoms with E-state index in [1.807, 2.05) is 47.4 Å². The van der Waals surface area contributed by atoms with Gasteiger partial charge in [-0.15, -0.1) is 0 Å². The Hall–Kier alpha value is -2.67. The van der Waals surface area contributed by atoms with Gasteiger partial charge in [-0.25, -0.2) is 4.98 Å². The molecule has 3 heterocycles. The van der Waals surface area contributed by atoms with Gasteiger partial charge in [0.15, 0.2) is 0 Å². The Morgan fingerprint density at radius 1 is 1.08 bits per heavy atom. The van der Waals surface area contributed by atoms with E-state index < -0.39 is 0 Å². The van der Waals surface area contributed by atoms with Crippen molar-refractivity contribution < 1.29 is 4.79 Å². The van der Waals surface area contributed by atoms with E-state index in [2.05, 4.69) is 36.0 Å². The highest BCUT2D eigenvalue weighted by Gasteiger charge is 2.25. The molecule has 1 aliphatic rings. The molecular weight excluding hydrogens is 394 g/mol. The van der Waals surface area contributed by atoms with Crippen molar-refractivity contribution in [2.75, 3.05) is 31.1 Å². The second-order valence-corrected chi connectivity index (χ2v) is 7.05. The van der Waals surface area contributed by atoms with Crippen molar-refractivity contribution in [3.05, 3.63) is 64.9 Å². The fourth-order valence-corrected chi connectivity index (χ4v) is 3.56. The summed E-state index contributed by atoms with van der Waals surface area (Å²) < 4.78 is 0.965. The minimum absolute atomic E-state index is 0.00870. The number of aromatic amines is 1. The largest absolute Gasteiger partial charge is 0.353 e. The molecule has 0 aliphatic carbocycles. The lowest BCUT2D eigenvalue weighted by atomic mass is 10.1. The normalized spacial score (nSPS) is 14.5. The molecule has 0 saturated carbocycles. The summed E-state index contributed by atoms with van der Waals surface area (Å²) in [4.78, 5) is 21.5. The molecule has 0 spiro atoms. The van der Waals surface area contributed by atoms with Crippen LogP contribution in [0, 0.1) is 0 Å². The molecule has 1 amide bonds. The smallest absolute Gasteiger partial charge is 0.257 e. The zero-order valence-electron chi connectivity index (χ0n) is 14.1. The topological polar surface area (TPSA) is 65.1 Å². The number of anilines is 1. The van der Waals surface area contributed by atoms with Crippen molar-refractivity contribution in [1.82, 2.24) is 20.1 Å². The Labute approximate surface area is 160 Å². The first kappa shape index (κ1) is 16.8. The molecule has 1 aliphatic heterocycles. The number of aromatic nitrogens is 3. The number of amides is 1. The van der Waals surface area contributed by atoms with Crippen LogP contribution in [0.4, 0.5) is 5.82 Å². The summed E-state index contributed by atoms with van der Waals surface area (Å²) in [6.07, 6.45) is 3.41. The SMILES string of the molecule is O=C(c1cn[nH]c1-c1cccc(Br)c1)N1CCN(c2ccccn2)CC1. The molecule has 0 unspecified atom stereocenters. The minimum atomic E-state index is 0.00870. The Bertz CT molecular complexity index is 903. The standard InChI is InChI=1S/C19H18BrN5O/c20-15-5-3-4-14(12-15)18-16(13-22-23-18)19(26)25-10-8-24(9-11-25)17-6-1-2-7-21-17/h1-7,12-13H,8-11H2,(H,22,23). The number of piperazine rings is 1. The molecule has 2 aromatic heterocycles. The van der Waals surface area contributed by atoms with E-state index >= 15 is 0 Å². The maximum atomic E-state index is 13.0. The summed E-state index contributed by atoms with van der Waals surface area (Å²) in [6, 6.07) is 13.7. The Kier molecular flexibility index (Phi) is 4.71. The van der Waals surface area contributed by atoms with E-state index in [-0.39, 0.29) is 5.91 Å². The second-order valence-electron chi connectivity index (χ2n) is 6.14. The van der Waals surface area contributed by atoms with Gasteiger partial charge in [-0.1, -0.05) is 34.1 Å². The zero-order chi connectivity index (χ0) is 17.9. The first-order valence-corrected chi connectivity index (χ1v) is 9.26. The maximum Gasteiger partial charge on any atom is 0.257 e. The van der Waals surface area contributed by atoms with E-state index in [1.165, 1.54) is 0 Å². The lowest BCUT2D eigenvalue weighted by Crippen LogP contribution is -2.49. The van der Waals surface area contributed by atoms with Crippen molar-refractivity contribution in [3.8, 4) is 11.3 Å². The molecule has 26 heavy (non-hydrogen) atoms. The number of carbonyl (C=O) groups excluding carboxylic acids is 1. The lowest BCUT2D eigenvalue weighted by molar-refractivity contribution is 0.0747. The van der Waals surface area contributed by atoms with Crippen LogP contribution in [0.1, 0.15) is 10.4 Å². The summed E-state index contributed by atoms with van der Waals surface area (Å²) in [6.45, 7) is 2.87. The van der Waals surface area contributed by atoms with Crippen molar-refractivity contribution in [2.24, 2.45) is 0 Å². The van der Waals surface area contributed by atoms with Crippen LogP contribution < -0.4 is 4.90 Å². The number of nitrogens with one attached hydrogen (secondary N) is 1.